The van der Waals surface area contributed by atoms with Gasteiger partial charge in [0.2, 0.25) is 0 Å². The predicted octanol–water partition coefficient (Wildman–Crippen LogP) is 4.70. The highest BCUT2D eigenvalue weighted by atomic mass is 35.5. The van der Waals surface area contributed by atoms with Crippen molar-refractivity contribution in [2.75, 3.05) is 26.2 Å². The van der Waals surface area contributed by atoms with Crippen molar-refractivity contribution in [3.05, 3.63) is 55.2 Å². The van der Waals surface area contributed by atoms with Gasteiger partial charge in [-0.25, -0.2) is 0 Å². The molecule has 0 saturated carbocycles. The van der Waals surface area contributed by atoms with Crippen LogP contribution in [0.25, 0.3) is 0 Å². The Labute approximate surface area is 143 Å². The molecule has 1 N–H and O–H groups in total. The highest BCUT2D eigenvalue weighted by Gasteiger charge is 2.29. The zero-order valence-corrected chi connectivity index (χ0v) is 14.4. The molecule has 6 heteroatoms. The van der Waals surface area contributed by atoms with E-state index in [-0.39, 0.29) is 6.04 Å². The van der Waals surface area contributed by atoms with Crippen LogP contribution in [0, 0.1) is 0 Å². The molecule has 1 fully saturated rings. The summed E-state index contributed by atoms with van der Waals surface area (Å²) < 4.78 is 0. The maximum atomic E-state index is 6.48. The molecule has 0 radical (unpaired) electrons. The Morgan fingerprint density at radius 1 is 1.05 bits per heavy atom. The van der Waals surface area contributed by atoms with Crippen molar-refractivity contribution in [2.24, 2.45) is 0 Å². The van der Waals surface area contributed by atoms with Gasteiger partial charge in [-0.2, -0.15) is 0 Å². The standard InChI is InChI=1S/C15H15Cl3N2S/c16-10-3-4-11(17)14(18)13(10)15(12-2-1-9-21-12)20-7-5-19-6-8-20/h1-4,9,15,19H,5-8H2/t15-/m0/s1. The number of thiophene rings is 1. The van der Waals surface area contributed by atoms with E-state index < -0.39 is 0 Å². The molecule has 0 bridgehead atoms. The van der Waals surface area contributed by atoms with Crippen LogP contribution < -0.4 is 5.32 Å². The number of hydrogen-bond donors (Lipinski definition) is 1. The van der Waals surface area contributed by atoms with Gasteiger partial charge in [0.05, 0.1) is 16.1 Å². The van der Waals surface area contributed by atoms with Gasteiger partial charge < -0.3 is 5.32 Å². The van der Waals surface area contributed by atoms with E-state index in [1.54, 1.807) is 17.4 Å². The maximum absolute atomic E-state index is 6.48. The number of nitrogens with one attached hydrogen (secondary N) is 1. The molecule has 1 atom stereocenters. The smallest absolute Gasteiger partial charge is 0.0726 e. The Bertz CT molecular complexity index is 610. The van der Waals surface area contributed by atoms with Crippen molar-refractivity contribution in [1.82, 2.24) is 10.2 Å². The van der Waals surface area contributed by atoms with Crippen molar-refractivity contribution in [1.29, 1.82) is 0 Å². The monoisotopic (exact) mass is 360 g/mol. The lowest BCUT2D eigenvalue weighted by molar-refractivity contribution is 0.201. The Kier molecular flexibility index (Phi) is 5.10. The molecule has 2 aromatic rings. The fourth-order valence-electron chi connectivity index (χ4n) is 2.69. The second-order valence-corrected chi connectivity index (χ2v) is 7.13. The molecule has 2 nitrogen and oxygen atoms in total. The molecular formula is C15H15Cl3N2S. The second-order valence-electron chi connectivity index (χ2n) is 4.96. The lowest BCUT2D eigenvalue weighted by Crippen LogP contribution is -2.45. The van der Waals surface area contributed by atoms with Gasteiger partial charge in [0.15, 0.2) is 0 Å². The van der Waals surface area contributed by atoms with Crippen LogP contribution >= 0.6 is 46.1 Å². The third-order valence-corrected chi connectivity index (χ3v) is 5.76. The first kappa shape index (κ1) is 15.6. The first-order valence-electron chi connectivity index (χ1n) is 6.80. The summed E-state index contributed by atoms with van der Waals surface area (Å²) in [6.45, 7) is 3.86. The molecule has 0 amide bonds. The highest BCUT2D eigenvalue weighted by Crippen LogP contribution is 2.42. The van der Waals surface area contributed by atoms with Gasteiger partial charge in [0, 0.05) is 41.6 Å². The van der Waals surface area contributed by atoms with Gasteiger partial charge in [-0.3, -0.25) is 4.90 Å². The average molecular weight is 362 g/mol. The largest absolute Gasteiger partial charge is 0.314 e. The van der Waals surface area contributed by atoms with E-state index in [2.05, 4.69) is 27.7 Å². The molecule has 21 heavy (non-hydrogen) atoms. The summed E-state index contributed by atoms with van der Waals surface area (Å²) in [5.74, 6) is 0. The Balaban J connectivity index is 2.09. The van der Waals surface area contributed by atoms with Gasteiger partial charge >= 0.3 is 0 Å². The van der Waals surface area contributed by atoms with Crippen molar-refractivity contribution in [2.45, 2.75) is 6.04 Å². The molecule has 1 aliphatic heterocycles. The number of benzene rings is 1. The summed E-state index contributed by atoms with van der Waals surface area (Å²) in [6, 6.07) is 7.82. The Morgan fingerprint density at radius 3 is 2.43 bits per heavy atom. The molecule has 1 saturated heterocycles. The van der Waals surface area contributed by atoms with Crippen LogP contribution in [-0.2, 0) is 0 Å². The van der Waals surface area contributed by atoms with E-state index in [0.29, 0.717) is 15.1 Å². The molecule has 0 unspecified atom stereocenters. The maximum Gasteiger partial charge on any atom is 0.0726 e. The van der Waals surface area contributed by atoms with Crippen LogP contribution in [0.2, 0.25) is 15.1 Å². The third-order valence-electron chi connectivity index (χ3n) is 3.68. The quantitative estimate of drug-likeness (QED) is 0.797. The summed E-state index contributed by atoms with van der Waals surface area (Å²) in [5.41, 5.74) is 0.912. The van der Waals surface area contributed by atoms with Crippen molar-refractivity contribution in [3.63, 3.8) is 0 Å². The molecule has 1 aliphatic rings. The fraction of sp³-hybridized carbons (Fsp3) is 0.333. The van der Waals surface area contributed by atoms with Crippen LogP contribution in [0.4, 0.5) is 0 Å². The zero-order chi connectivity index (χ0) is 14.8. The number of piperazine rings is 1. The van der Waals surface area contributed by atoms with Crippen molar-refractivity contribution < 1.29 is 0 Å². The second kappa shape index (κ2) is 6.86. The normalized spacial score (nSPS) is 17.9. The first-order chi connectivity index (χ1) is 10.2. The minimum atomic E-state index is 0.0609. The van der Waals surface area contributed by atoms with Crippen LogP contribution in [0.1, 0.15) is 16.5 Å². The Morgan fingerprint density at radius 2 is 1.76 bits per heavy atom. The minimum absolute atomic E-state index is 0.0609. The van der Waals surface area contributed by atoms with Crippen molar-refractivity contribution in [3.8, 4) is 0 Å². The molecule has 1 aromatic carbocycles. The van der Waals surface area contributed by atoms with Gasteiger partial charge in [0.1, 0.15) is 0 Å². The third kappa shape index (κ3) is 3.24. The predicted molar refractivity (Wildman–Crippen MR) is 92.1 cm³/mol. The summed E-state index contributed by atoms with van der Waals surface area (Å²) in [7, 11) is 0. The van der Waals surface area contributed by atoms with E-state index in [1.165, 1.54) is 4.88 Å². The lowest BCUT2D eigenvalue weighted by atomic mass is 10.0. The SMILES string of the molecule is Clc1ccc(Cl)c([C@H](c2cccs2)N2CCNCC2)c1Cl. The average Bonchev–Trinajstić information content (AvgIpc) is 3.02. The van der Waals surface area contributed by atoms with Crippen LogP contribution in [0.15, 0.2) is 29.6 Å². The van der Waals surface area contributed by atoms with Gasteiger partial charge in [-0.1, -0.05) is 40.9 Å². The lowest BCUT2D eigenvalue weighted by Gasteiger charge is -2.35. The van der Waals surface area contributed by atoms with E-state index in [9.17, 15) is 0 Å². The number of nitrogens with zero attached hydrogens (tertiary/aromatic N) is 1. The van der Waals surface area contributed by atoms with Crippen LogP contribution in [-0.4, -0.2) is 31.1 Å². The topological polar surface area (TPSA) is 15.3 Å². The highest BCUT2D eigenvalue weighted by molar-refractivity contribution is 7.10. The van der Waals surface area contributed by atoms with E-state index in [0.717, 1.165) is 31.7 Å². The molecule has 112 valence electrons. The summed E-state index contributed by atoms with van der Waals surface area (Å²) in [4.78, 5) is 3.65. The van der Waals surface area contributed by atoms with Crippen LogP contribution in [0.3, 0.4) is 0 Å². The molecular weight excluding hydrogens is 347 g/mol. The van der Waals surface area contributed by atoms with Gasteiger partial charge in [-0.15, -0.1) is 11.3 Å². The number of rotatable bonds is 3. The van der Waals surface area contributed by atoms with E-state index in [4.69, 9.17) is 34.8 Å². The van der Waals surface area contributed by atoms with E-state index in [1.807, 2.05) is 6.07 Å². The van der Waals surface area contributed by atoms with Crippen molar-refractivity contribution >= 4 is 46.1 Å². The van der Waals surface area contributed by atoms with E-state index >= 15 is 0 Å². The fourth-order valence-corrected chi connectivity index (χ4v) is 4.29. The first-order valence-corrected chi connectivity index (χ1v) is 8.81. The number of hydrogen-bond acceptors (Lipinski definition) is 3. The van der Waals surface area contributed by atoms with Crippen LogP contribution in [0.5, 0.6) is 0 Å². The van der Waals surface area contributed by atoms with Gasteiger partial charge in [0.25, 0.3) is 0 Å². The molecule has 2 heterocycles. The summed E-state index contributed by atoms with van der Waals surface area (Å²) >= 11 is 20.9. The minimum Gasteiger partial charge on any atom is -0.314 e. The zero-order valence-electron chi connectivity index (χ0n) is 11.3. The number of halogens is 3. The summed E-state index contributed by atoms with van der Waals surface area (Å²) in [6.07, 6.45) is 0. The molecule has 0 aliphatic carbocycles. The molecule has 1 aromatic heterocycles. The molecule has 0 spiro atoms. The summed E-state index contributed by atoms with van der Waals surface area (Å²) in [5, 5.41) is 7.23. The Hall–Kier alpha value is -0.290. The van der Waals surface area contributed by atoms with Gasteiger partial charge in [-0.05, 0) is 23.6 Å². The molecule has 3 rings (SSSR count).